The SMILES string of the molecule is O=C(Nc1ccc2ncn(CCCCC3(C(=O)NCC(F)(F)F)c4ccccc4-c4ccccc43)c2c1)c1ccccc1-c1ccc(C(F)(F)F)cc1. The van der Waals surface area contributed by atoms with Crippen LogP contribution in [0.2, 0.25) is 0 Å². The van der Waals surface area contributed by atoms with Crippen molar-refractivity contribution in [1.29, 1.82) is 0 Å². The van der Waals surface area contributed by atoms with Gasteiger partial charge in [-0.05, 0) is 89.0 Å². The van der Waals surface area contributed by atoms with Crippen LogP contribution >= 0.6 is 0 Å². The van der Waals surface area contributed by atoms with E-state index in [-0.39, 0.29) is 12.0 Å². The van der Waals surface area contributed by atoms with E-state index in [1.807, 2.05) is 41.0 Å². The van der Waals surface area contributed by atoms with Gasteiger partial charge in [-0.2, -0.15) is 26.3 Å². The average molecular weight is 727 g/mol. The Kier molecular flexibility index (Phi) is 9.31. The Labute approximate surface area is 300 Å². The van der Waals surface area contributed by atoms with E-state index in [0.29, 0.717) is 52.8 Å². The number of anilines is 1. The van der Waals surface area contributed by atoms with Gasteiger partial charge in [0.25, 0.3) is 5.91 Å². The Morgan fingerprint density at radius 3 is 1.98 bits per heavy atom. The van der Waals surface area contributed by atoms with Crippen molar-refractivity contribution in [3.63, 3.8) is 0 Å². The third-order valence-electron chi connectivity index (χ3n) is 9.68. The van der Waals surface area contributed by atoms with E-state index in [9.17, 15) is 35.9 Å². The molecule has 0 radical (unpaired) electrons. The zero-order valence-corrected chi connectivity index (χ0v) is 28.1. The maximum absolute atomic E-state index is 13.8. The Morgan fingerprint density at radius 2 is 1.34 bits per heavy atom. The fraction of sp³-hybridized carbons (Fsp3) is 0.195. The van der Waals surface area contributed by atoms with Gasteiger partial charge in [0.1, 0.15) is 12.0 Å². The quantitative estimate of drug-likeness (QED) is 0.109. The molecule has 0 atom stereocenters. The van der Waals surface area contributed by atoms with Crippen LogP contribution in [0, 0.1) is 0 Å². The molecule has 0 fully saturated rings. The lowest BCUT2D eigenvalue weighted by Gasteiger charge is -2.31. The Morgan fingerprint density at radius 1 is 0.717 bits per heavy atom. The molecule has 1 heterocycles. The van der Waals surface area contributed by atoms with Gasteiger partial charge in [-0.15, -0.1) is 0 Å². The number of aromatic nitrogens is 2. The number of benzene rings is 5. The highest BCUT2D eigenvalue weighted by Gasteiger charge is 2.49. The number of fused-ring (bicyclic) bond motifs is 4. The van der Waals surface area contributed by atoms with E-state index in [4.69, 9.17) is 0 Å². The number of carbonyl (C=O) groups excluding carboxylic acids is 2. The molecule has 0 spiro atoms. The van der Waals surface area contributed by atoms with Crippen molar-refractivity contribution in [2.75, 3.05) is 11.9 Å². The highest BCUT2D eigenvalue weighted by atomic mass is 19.4. The van der Waals surface area contributed by atoms with Crippen LogP contribution in [0.1, 0.15) is 46.3 Å². The summed E-state index contributed by atoms with van der Waals surface area (Å²) in [4.78, 5) is 31.8. The zero-order valence-electron chi connectivity index (χ0n) is 28.1. The summed E-state index contributed by atoms with van der Waals surface area (Å²) in [6, 6.07) is 31.2. The highest BCUT2D eigenvalue weighted by molar-refractivity contribution is 6.09. The number of amides is 2. The van der Waals surface area contributed by atoms with Crippen molar-refractivity contribution in [3.05, 3.63) is 144 Å². The lowest BCUT2D eigenvalue weighted by molar-refractivity contribution is -0.141. The van der Waals surface area contributed by atoms with Crippen LogP contribution in [0.4, 0.5) is 32.0 Å². The van der Waals surface area contributed by atoms with Crippen molar-refractivity contribution in [3.8, 4) is 22.3 Å². The first-order valence-corrected chi connectivity index (χ1v) is 16.9. The third kappa shape index (κ3) is 7.01. The molecule has 1 aliphatic rings. The standard InChI is InChI=1S/C41H32F6N4O2/c42-40(43,44)24-48-38(53)39(33-13-5-3-10-30(33)31-11-4-6-14-34(31)39)21-7-8-22-51-25-49-35-20-19-28(23-36(35)51)50-37(52)32-12-2-1-9-29(32)26-15-17-27(18-16-26)41(45,46)47/h1-6,9-20,23,25H,7-8,21-22,24H2,(H,48,53)(H,50,52). The first-order chi connectivity index (χ1) is 25.3. The van der Waals surface area contributed by atoms with Gasteiger partial charge in [0, 0.05) is 17.8 Å². The van der Waals surface area contributed by atoms with E-state index in [0.717, 1.165) is 28.8 Å². The second kappa shape index (κ2) is 13.9. The molecule has 2 amide bonds. The summed E-state index contributed by atoms with van der Waals surface area (Å²) >= 11 is 0. The van der Waals surface area contributed by atoms with E-state index in [1.165, 1.54) is 12.1 Å². The number of carbonyl (C=O) groups is 2. The fourth-order valence-corrected chi connectivity index (χ4v) is 7.24. The molecule has 1 aromatic heterocycles. The van der Waals surface area contributed by atoms with Crippen molar-refractivity contribution in [1.82, 2.24) is 14.9 Å². The Balaban J connectivity index is 1.08. The van der Waals surface area contributed by atoms with Crippen LogP contribution in [-0.4, -0.2) is 34.1 Å². The molecule has 6 nitrogen and oxygen atoms in total. The molecule has 2 N–H and O–H groups in total. The van der Waals surface area contributed by atoms with Crippen LogP contribution in [-0.2, 0) is 22.9 Å². The Hall–Kier alpha value is -5.91. The van der Waals surface area contributed by atoms with E-state index in [2.05, 4.69) is 15.6 Å². The van der Waals surface area contributed by atoms with Crippen LogP contribution in [0.5, 0.6) is 0 Å². The van der Waals surface area contributed by atoms with Crippen LogP contribution in [0.25, 0.3) is 33.3 Å². The molecular weight excluding hydrogens is 694 g/mol. The smallest absolute Gasteiger partial charge is 0.346 e. The molecule has 0 saturated heterocycles. The topological polar surface area (TPSA) is 76.0 Å². The predicted molar refractivity (Wildman–Crippen MR) is 190 cm³/mol. The summed E-state index contributed by atoms with van der Waals surface area (Å²) in [6.45, 7) is -0.952. The van der Waals surface area contributed by atoms with Crippen LogP contribution in [0.3, 0.4) is 0 Å². The number of alkyl halides is 6. The van der Waals surface area contributed by atoms with Gasteiger partial charge in [-0.3, -0.25) is 9.59 Å². The number of nitrogens with zero attached hydrogens (tertiary/aromatic N) is 2. The predicted octanol–water partition coefficient (Wildman–Crippen LogP) is 9.79. The summed E-state index contributed by atoms with van der Waals surface area (Å²) in [7, 11) is 0. The number of hydrogen-bond acceptors (Lipinski definition) is 3. The normalized spacial score (nSPS) is 13.4. The summed E-state index contributed by atoms with van der Waals surface area (Å²) < 4.78 is 81.0. The van der Waals surface area contributed by atoms with Gasteiger partial charge < -0.3 is 15.2 Å². The van der Waals surface area contributed by atoms with Gasteiger partial charge in [-0.25, -0.2) is 4.98 Å². The number of halogens is 6. The minimum atomic E-state index is -4.56. The average Bonchev–Trinajstić information content (AvgIpc) is 3.68. The number of imidazole rings is 1. The molecule has 7 rings (SSSR count). The first kappa shape index (κ1) is 35.5. The minimum Gasteiger partial charge on any atom is -0.346 e. The fourth-order valence-electron chi connectivity index (χ4n) is 7.24. The lowest BCUT2D eigenvalue weighted by Crippen LogP contribution is -2.47. The summed E-state index contributed by atoms with van der Waals surface area (Å²) in [5.74, 6) is -1.14. The number of aryl methyl sites for hydroxylation is 1. The number of hydrogen-bond donors (Lipinski definition) is 2. The van der Waals surface area contributed by atoms with Gasteiger partial charge in [0.05, 0.1) is 22.9 Å². The van der Waals surface area contributed by atoms with Crippen molar-refractivity contribution in [2.24, 2.45) is 0 Å². The maximum Gasteiger partial charge on any atom is 0.416 e. The molecule has 53 heavy (non-hydrogen) atoms. The van der Waals surface area contributed by atoms with E-state index in [1.54, 1.807) is 60.9 Å². The van der Waals surface area contributed by atoms with Crippen molar-refractivity contribution >= 4 is 28.5 Å². The third-order valence-corrected chi connectivity index (χ3v) is 9.68. The molecule has 1 aliphatic carbocycles. The molecule has 0 unspecified atom stereocenters. The number of rotatable bonds is 10. The number of unbranched alkanes of at least 4 members (excludes halogenated alkanes) is 1. The molecule has 270 valence electrons. The molecule has 12 heteroatoms. The summed E-state index contributed by atoms with van der Waals surface area (Å²) in [5, 5.41) is 5.06. The van der Waals surface area contributed by atoms with Gasteiger partial charge in [0.15, 0.2) is 0 Å². The molecular formula is C41H32F6N4O2. The highest BCUT2D eigenvalue weighted by Crippen LogP contribution is 2.51. The molecule has 6 aromatic rings. The minimum absolute atomic E-state index is 0.275. The van der Waals surface area contributed by atoms with E-state index >= 15 is 0 Å². The molecule has 5 aromatic carbocycles. The Bertz CT molecular complexity index is 2270. The van der Waals surface area contributed by atoms with Crippen LogP contribution in [0.15, 0.2) is 122 Å². The molecule has 0 saturated carbocycles. The summed E-state index contributed by atoms with van der Waals surface area (Å²) in [5.41, 5.74) is 4.01. The lowest BCUT2D eigenvalue weighted by atomic mass is 9.73. The number of nitrogens with one attached hydrogen (secondary N) is 2. The molecule has 0 aliphatic heterocycles. The summed E-state index contributed by atoms with van der Waals surface area (Å²) in [6.07, 6.45) is -6.03. The van der Waals surface area contributed by atoms with Crippen molar-refractivity contribution < 1.29 is 35.9 Å². The monoisotopic (exact) mass is 726 g/mol. The van der Waals surface area contributed by atoms with E-state index < -0.39 is 41.7 Å². The van der Waals surface area contributed by atoms with Gasteiger partial charge in [0.2, 0.25) is 5.91 Å². The second-order valence-corrected chi connectivity index (χ2v) is 13.0. The molecule has 0 bridgehead atoms. The maximum atomic E-state index is 13.8. The second-order valence-electron chi connectivity index (χ2n) is 13.0. The zero-order chi connectivity index (χ0) is 37.4. The first-order valence-electron chi connectivity index (χ1n) is 16.9. The van der Waals surface area contributed by atoms with Gasteiger partial charge >= 0.3 is 12.4 Å². The van der Waals surface area contributed by atoms with Crippen LogP contribution < -0.4 is 10.6 Å². The largest absolute Gasteiger partial charge is 0.416 e. The van der Waals surface area contributed by atoms with Crippen molar-refractivity contribution in [2.45, 2.75) is 43.6 Å². The van der Waals surface area contributed by atoms with Gasteiger partial charge in [-0.1, -0.05) is 78.9 Å².